The predicted molar refractivity (Wildman–Crippen MR) is 88.6 cm³/mol. The molecule has 3 rings (SSSR count). The molecular weight excluding hydrogens is 332 g/mol. The summed E-state index contributed by atoms with van der Waals surface area (Å²) < 4.78 is 5.49. The van der Waals surface area contributed by atoms with Crippen LogP contribution in [0, 0.1) is 10.1 Å². The van der Waals surface area contributed by atoms with Gasteiger partial charge in [-0.25, -0.2) is 9.78 Å². The summed E-state index contributed by atoms with van der Waals surface area (Å²) in [6.07, 6.45) is 1.34. The van der Waals surface area contributed by atoms with Crippen molar-refractivity contribution >= 4 is 40.6 Å². The van der Waals surface area contributed by atoms with E-state index in [0.29, 0.717) is 16.7 Å². The van der Waals surface area contributed by atoms with Gasteiger partial charge in [-0.1, -0.05) is 24.3 Å². The number of non-ortho nitro benzene ring substituents is 1. The van der Waals surface area contributed by atoms with Gasteiger partial charge >= 0.3 is 5.97 Å². The van der Waals surface area contributed by atoms with E-state index in [1.165, 1.54) is 24.3 Å². The molecule has 0 saturated carbocycles. The SMILES string of the molecule is O=C(O)/C(=C/c1cccc([N+](=O)[O-])c1)Sc1nc2ccccc2o1. The van der Waals surface area contributed by atoms with E-state index in [1.807, 2.05) is 0 Å². The summed E-state index contributed by atoms with van der Waals surface area (Å²) in [4.78, 5) is 25.9. The van der Waals surface area contributed by atoms with Gasteiger partial charge < -0.3 is 9.52 Å². The highest BCUT2D eigenvalue weighted by Gasteiger charge is 2.15. The highest BCUT2D eigenvalue weighted by molar-refractivity contribution is 8.03. The van der Waals surface area contributed by atoms with E-state index in [2.05, 4.69) is 4.98 Å². The van der Waals surface area contributed by atoms with Crippen LogP contribution in [0.1, 0.15) is 5.56 Å². The van der Waals surface area contributed by atoms with Gasteiger partial charge in [0.15, 0.2) is 5.58 Å². The van der Waals surface area contributed by atoms with Crippen LogP contribution in [0.4, 0.5) is 5.69 Å². The maximum atomic E-state index is 11.4. The standard InChI is InChI=1S/C16H10N2O5S/c19-15(20)14(9-10-4-3-5-11(8-10)18(21)22)24-16-17-12-6-1-2-7-13(12)23-16/h1-9H,(H,19,20)/b14-9-. The van der Waals surface area contributed by atoms with Gasteiger partial charge in [0.2, 0.25) is 0 Å². The highest BCUT2D eigenvalue weighted by atomic mass is 32.2. The van der Waals surface area contributed by atoms with Crippen molar-refractivity contribution in [3.63, 3.8) is 0 Å². The van der Waals surface area contributed by atoms with E-state index in [-0.39, 0.29) is 15.8 Å². The lowest BCUT2D eigenvalue weighted by atomic mass is 10.2. The number of para-hydroxylation sites is 2. The van der Waals surface area contributed by atoms with Crippen LogP contribution in [-0.4, -0.2) is 21.0 Å². The van der Waals surface area contributed by atoms with Gasteiger partial charge in [0.1, 0.15) is 10.4 Å². The van der Waals surface area contributed by atoms with Crippen molar-refractivity contribution in [2.75, 3.05) is 0 Å². The molecule has 0 saturated heterocycles. The van der Waals surface area contributed by atoms with Gasteiger partial charge in [-0.3, -0.25) is 10.1 Å². The van der Waals surface area contributed by atoms with Crippen molar-refractivity contribution in [1.29, 1.82) is 0 Å². The number of carboxylic acids is 1. The fraction of sp³-hybridized carbons (Fsp3) is 0. The van der Waals surface area contributed by atoms with Crippen molar-refractivity contribution < 1.29 is 19.2 Å². The average molecular weight is 342 g/mol. The Bertz CT molecular complexity index is 931. The Balaban J connectivity index is 1.93. The number of oxazole rings is 1. The molecule has 1 aromatic heterocycles. The van der Waals surface area contributed by atoms with Crippen molar-refractivity contribution in [2.45, 2.75) is 5.22 Å². The van der Waals surface area contributed by atoms with E-state index in [9.17, 15) is 20.0 Å². The first kappa shape index (κ1) is 15.8. The second-order valence-corrected chi connectivity index (χ2v) is 5.71. The maximum absolute atomic E-state index is 11.4. The topological polar surface area (TPSA) is 106 Å². The van der Waals surface area contributed by atoms with E-state index in [1.54, 1.807) is 30.3 Å². The van der Waals surface area contributed by atoms with Crippen LogP contribution in [0.15, 0.2) is 63.1 Å². The number of hydrogen-bond acceptors (Lipinski definition) is 6. The first-order chi connectivity index (χ1) is 11.5. The lowest BCUT2D eigenvalue weighted by Gasteiger charge is -1.99. The maximum Gasteiger partial charge on any atom is 0.342 e. The Morgan fingerprint density at radius 1 is 1.25 bits per heavy atom. The molecule has 0 spiro atoms. The monoisotopic (exact) mass is 342 g/mol. The number of benzene rings is 2. The molecule has 7 nitrogen and oxygen atoms in total. The normalized spacial score (nSPS) is 11.6. The molecule has 24 heavy (non-hydrogen) atoms. The molecule has 3 aromatic rings. The van der Waals surface area contributed by atoms with Crippen LogP contribution < -0.4 is 0 Å². The molecule has 0 aliphatic heterocycles. The Kier molecular flexibility index (Phi) is 4.30. The summed E-state index contributed by atoms with van der Waals surface area (Å²) in [5, 5.41) is 20.3. The molecule has 0 atom stereocenters. The number of nitro benzene ring substituents is 1. The number of hydrogen-bond donors (Lipinski definition) is 1. The summed E-state index contributed by atoms with van der Waals surface area (Å²) >= 11 is 0.846. The number of rotatable bonds is 5. The molecule has 1 N–H and O–H groups in total. The van der Waals surface area contributed by atoms with Gasteiger partial charge in [-0.05, 0) is 35.5 Å². The molecule has 0 fully saturated rings. The first-order valence-electron chi connectivity index (χ1n) is 6.76. The third-order valence-electron chi connectivity index (χ3n) is 3.06. The number of carboxylic acid groups (broad SMARTS) is 1. The summed E-state index contributed by atoms with van der Waals surface area (Å²) in [5.41, 5.74) is 1.48. The van der Waals surface area contributed by atoms with Crippen LogP contribution >= 0.6 is 11.8 Å². The zero-order valence-electron chi connectivity index (χ0n) is 12.1. The number of nitrogens with zero attached hydrogens (tertiary/aromatic N) is 2. The first-order valence-corrected chi connectivity index (χ1v) is 7.57. The predicted octanol–water partition coefficient (Wildman–Crippen LogP) is 3.95. The Labute approximate surface area is 139 Å². The number of fused-ring (bicyclic) bond motifs is 1. The zero-order valence-corrected chi connectivity index (χ0v) is 12.9. The molecule has 2 aromatic carbocycles. The molecule has 0 aliphatic rings. The molecular formula is C16H10N2O5S. The third-order valence-corrected chi connectivity index (χ3v) is 3.92. The summed E-state index contributed by atoms with van der Waals surface area (Å²) in [5.74, 6) is -1.17. The number of thioether (sulfide) groups is 1. The molecule has 0 radical (unpaired) electrons. The lowest BCUT2D eigenvalue weighted by Crippen LogP contribution is -1.97. The Morgan fingerprint density at radius 3 is 2.75 bits per heavy atom. The average Bonchev–Trinajstić information content (AvgIpc) is 2.96. The minimum Gasteiger partial charge on any atom is -0.477 e. The molecule has 0 bridgehead atoms. The Morgan fingerprint density at radius 2 is 2.04 bits per heavy atom. The van der Waals surface area contributed by atoms with Gasteiger partial charge in [-0.15, -0.1) is 0 Å². The van der Waals surface area contributed by atoms with Crippen molar-refractivity contribution in [1.82, 2.24) is 4.98 Å². The third kappa shape index (κ3) is 3.44. The van der Waals surface area contributed by atoms with Gasteiger partial charge in [0.25, 0.3) is 10.9 Å². The molecule has 120 valence electrons. The zero-order chi connectivity index (χ0) is 17.1. The van der Waals surface area contributed by atoms with Crippen molar-refractivity contribution in [3.05, 3.63) is 69.1 Å². The summed E-state index contributed by atoms with van der Waals surface area (Å²) in [7, 11) is 0. The Hall–Kier alpha value is -3.13. The van der Waals surface area contributed by atoms with Crippen LogP contribution in [-0.2, 0) is 4.79 Å². The minimum absolute atomic E-state index is 0.0537. The quantitative estimate of drug-likeness (QED) is 0.324. The fourth-order valence-electron chi connectivity index (χ4n) is 2.00. The van der Waals surface area contributed by atoms with Crippen LogP contribution in [0.5, 0.6) is 0 Å². The second-order valence-electron chi connectivity index (χ2n) is 4.72. The molecule has 0 unspecified atom stereocenters. The van der Waals surface area contributed by atoms with E-state index in [0.717, 1.165) is 11.8 Å². The largest absolute Gasteiger partial charge is 0.477 e. The van der Waals surface area contributed by atoms with Gasteiger partial charge in [0, 0.05) is 12.1 Å². The molecule has 0 aliphatic carbocycles. The number of aliphatic carboxylic acids is 1. The second kappa shape index (κ2) is 6.55. The van der Waals surface area contributed by atoms with Crippen LogP contribution in [0.3, 0.4) is 0 Å². The van der Waals surface area contributed by atoms with Crippen molar-refractivity contribution in [3.8, 4) is 0 Å². The van der Waals surface area contributed by atoms with Crippen LogP contribution in [0.25, 0.3) is 17.2 Å². The number of carbonyl (C=O) groups is 1. The summed E-state index contributed by atoms with van der Waals surface area (Å²) in [6.45, 7) is 0. The van der Waals surface area contributed by atoms with E-state index in [4.69, 9.17) is 4.42 Å². The molecule has 0 amide bonds. The minimum atomic E-state index is -1.17. The number of nitro groups is 1. The van der Waals surface area contributed by atoms with E-state index >= 15 is 0 Å². The van der Waals surface area contributed by atoms with Crippen molar-refractivity contribution in [2.24, 2.45) is 0 Å². The highest BCUT2D eigenvalue weighted by Crippen LogP contribution is 2.31. The lowest BCUT2D eigenvalue weighted by molar-refractivity contribution is -0.384. The van der Waals surface area contributed by atoms with Gasteiger partial charge in [0.05, 0.1) is 4.92 Å². The summed E-state index contributed by atoms with van der Waals surface area (Å²) in [6, 6.07) is 12.8. The van der Waals surface area contributed by atoms with Gasteiger partial charge in [-0.2, -0.15) is 0 Å². The fourth-order valence-corrected chi connectivity index (χ4v) is 2.75. The van der Waals surface area contributed by atoms with E-state index < -0.39 is 10.9 Å². The molecule has 1 heterocycles. The number of aromatic nitrogens is 1. The smallest absolute Gasteiger partial charge is 0.342 e. The van der Waals surface area contributed by atoms with Crippen LogP contribution in [0.2, 0.25) is 0 Å². The molecule has 8 heteroatoms.